The molecule has 8 heteroatoms. The summed E-state index contributed by atoms with van der Waals surface area (Å²) < 4.78 is 0. The predicted molar refractivity (Wildman–Crippen MR) is 83.4 cm³/mol. The maximum Gasteiger partial charge on any atom is 0.266 e. The van der Waals surface area contributed by atoms with E-state index in [9.17, 15) is 9.59 Å². The second kappa shape index (κ2) is 5.84. The fourth-order valence-corrected chi connectivity index (χ4v) is 3.14. The largest absolute Gasteiger partial charge is 0.292 e. The first kappa shape index (κ1) is 14.9. The average Bonchev–Trinajstić information content (AvgIpc) is 2.83. The van der Waals surface area contributed by atoms with Crippen LogP contribution < -0.4 is 0 Å². The van der Waals surface area contributed by atoms with Gasteiger partial charge < -0.3 is 0 Å². The number of carbonyl (C=O) groups is 2. The van der Waals surface area contributed by atoms with Crippen LogP contribution in [0.25, 0.3) is 0 Å². The number of carbonyl (C=O) groups excluding carboxylic acids is 2. The molecule has 0 bridgehead atoms. The van der Waals surface area contributed by atoms with E-state index in [2.05, 4.69) is 23.4 Å². The van der Waals surface area contributed by atoms with Crippen molar-refractivity contribution in [1.29, 1.82) is 0 Å². The monoisotopic (exact) mass is 310 g/mol. The lowest BCUT2D eigenvalue weighted by Gasteiger charge is -2.14. The highest BCUT2D eigenvalue weighted by molar-refractivity contribution is 8.18. The molecule has 0 saturated carbocycles. The molecular formula is C12H14N4O2S2. The van der Waals surface area contributed by atoms with Crippen molar-refractivity contribution in [2.24, 2.45) is 10.2 Å². The molecule has 0 aliphatic carbocycles. The van der Waals surface area contributed by atoms with Crippen molar-refractivity contribution in [3.8, 4) is 0 Å². The molecule has 0 N–H and O–H groups in total. The van der Waals surface area contributed by atoms with Crippen LogP contribution in [-0.4, -0.2) is 51.3 Å². The van der Waals surface area contributed by atoms with Crippen LogP contribution in [0.15, 0.2) is 33.8 Å². The molecule has 2 amide bonds. The fourth-order valence-electron chi connectivity index (χ4n) is 1.54. The third-order valence-corrected chi connectivity index (χ3v) is 4.47. The Morgan fingerprint density at radius 2 is 2.00 bits per heavy atom. The zero-order valence-corrected chi connectivity index (χ0v) is 12.9. The first-order valence-electron chi connectivity index (χ1n) is 5.78. The summed E-state index contributed by atoms with van der Waals surface area (Å²) in [7, 11) is 1.65. The Labute approximate surface area is 125 Å². The van der Waals surface area contributed by atoms with Crippen LogP contribution in [0.2, 0.25) is 0 Å². The lowest BCUT2D eigenvalue weighted by molar-refractivity contribution is -0.123. The topological polar surface area (TPSA) is 65.3 Å². The van der Waals surface area contributed by atoms with E-state index in [4.69, 9.17) is 0 Å². The van der Waals surface area contributed by atoms with Gasteiger partial charge >= 0.3 is 0 Å². The second-order valence-electron chi connectivity index (χ2n) is 4.38. The van der Waals surface area contributed by atoms with Gasteiger partial charge in [0.05, 0.1) is 10.7 Å². The summed E-state index contributed by atoms with van der Waals surface area (Å²) >= 11 is 2.51. The van der Waals surface area contributed by atoms with E-state index in [-0.39, 0.29) is 11.8 Å². The van der Waals surface area contributed by atoms with Crippen molar-refractivity contribution >= 4 is 45.7 Å². The highest BCUT2D eigenvalue weighted by Crippen LogP contribution is 2.30. The summed E-state index contributed by atoms with van der Waals surface area (Å²) in [4.78, 5) is 26.7. The van der Waals surface area contributed by atoms with E-state index in [1.54, 1.807) is 7.05 Å². The second-order valence-corrected chi connectivity index (χ2v) is 6.38. The lowest BCUT2D eigenvalue weighted by Crippen LogP contribution is -2.30. The van der Waals surface area contributed by atoms with Crippen molar-refractivity contribution in [2.45, 2.75) is 6.92 Å². The minimum atomic E-state index is -0.180. The number of thioether (sulfide) groups is 2. The standard InChI is InChI=1S/C12H14N4O2S2/c1-7(2)5-16-10(18)8(3)20-12(16)14-13-11-15(4)9(17)6-19-11/h1,3,5-6H2,2,4H3. The third kappa shape index (κ3) is 2.96. The molecule has 2 rings (SSSR count). The summed E-state index contributed by atoms with van der Waals surface area (Å²) in [5.74, 6) is 0.182. The summed E-state index contributed by atoms with van der Waals surface area (Å²) in [6.07, 6.45) is 0. The Balaban J connectivity index is 2.21. The predicted octanol–water partition coefficient (Wildman–Crippen LogP) is 1.48. The molecule has 0 unspecified atom stereocenters. The van der Waals surface area contributed by atoms with Crippen LogP contribution in [0.4, 0.5) is 0 Å². The molecule has 2 saturated heterocycles. The van der Waals surface area contributed by atoms with Crippen molar-refractivity contribution in [2.75, 3.05) is 19.3 Å². The molecule has 106 valence electrons. The van der Waals surface area contributed by atoms with Crippen LogP contribution >= 0.6 is 23.5 Å². The first-order chi connectivity index (χ1) is 9.40. The number of rotatable bonds is 3. The van der Waals surface area contributed by atoms with Gasteiger partial charge in [0.25, 0.3) is 5.91 Å². The molecule has 2 fully saturated rings. The minimum absolute atomic E-state index is 0.00713. The van der Waals surface area contributed by atoms with Gasteiger partial charge in [0.15, 0.2) is 10.3 Å². The maximum absolute atomic E-state index is 11.9. The van der Waals surface area contributed by atoms with E-state index in [1.807, 2.05) is 6.92 Å². The molecule has 0 spiro atoms. The normalized spacial score (nSPS) is 23.6. The summed E-state index contributed by atoms with van der Waals surface area (Å²) in [5.41, 5.74) is 0.844. The van der Waals surface area contributed by atoms with Gasteiger partial charge in [-0.2, -0.15) is 0 Å². The van der Waals surface area contributed by atoms with Gasteiger partial charge in [-0.05, 0) is 18.7 Å². The smallest absolute Gasteiger partial charge is 0.266 e. The highest BCUT2D eigenvalue weighted by Gasteiger charge is 2.32. The summed E-state index contributed by atoms with van der Waals surface area (Å²) in [6, 6.07) is 0. The molecular weight excluding hydrogens is 296 g/mol. The fraction of sp³-hybridized carbons (Fsp3) is 0.333. The van der Waals surface area contributed by atoms with Crippen molar-refractivity contribution in [1.82, 2.24) is 9.80 Å². The Kier molecular flexibility index (Phi) is 4.34. The molecule has 2 heterocycles. The molecule has 6 nitrogen and oxygen atoms in total. The molecule has 0 aromatic heterocycles. The van der Waals surface area contributed by atoms with Crippen molar-refractivity contribution in [3.05, 3.63) is 23.6 Å². The lowest BCUT2D eigenvalue weighted by atomic mass is 10.3. The van der Waals surface area contributed by atoms with Crippen molar-refractivity contribution < 1.29 is 9.59 Å². The Morgan fingerprint density at radius 1 is 1.35 bits per heavy atom. The maximum atomic E-state index is 11.9. The molecule has 20 heavy (non-hydrogen) atoms. The van der Waals surface area contributed by atoms with Gasteiger partial charge in [-0.15, -0.1) is 10.2 Å². The first-order valence-corrected chi connectivity index (χ1v) is 7.58. The third-order valence-electron chi connectivity index (χ3n) is 2.56. The van der Waals surface area contributed by atoms with E-state index < -0.39 is 0 Å². The summed E-state index contributed by atoms with van der Waals surface area (Å²) in [6.45, 7) is 9.70. The Bertz CT molecular complexity index is 568. The number of nitrogens with zero attached hydrogens (tertiary/aromatic N) is 4. The van der Waals surface area contributed by atoms with Crippen LogP contribution in [-0.2, 0) is 9.59 Å². The van der Waals surface area contributed by atoms with Crippen molar-refractivity contribution in [3.63, 3.8) is 0 Å². The van der Waals surface area contributed by atoms with E-state index >= 15 is 0 Å². The van der Waals surface area contributed by atoms with Gasteiger partial charge in [-0.1, -0.05) is 30.5 Å². The van der Waals surface area contributed by atoms with Gasteiger partial charge in [0.2, 0.25) is 5.91 Å². The van der Waals surface area contributed by atoms with E-state index in [0.29, 0.717) is 27.5 Å². The van der Waals surface area contributed by atoms with Crippen LogP contribution in [0.1, 0.15) is 6.92 Å². The van der Waals surface area contributed by atoms with E-state index in [1.165, 1.54) is 33.3 Å². The molecule has 0 aromatic rings. The van der Waals surface area contributed by atoms with Gasteiger partial charge in [-0.25, -0.2) is 0 Å². The average molecular weight is 310 g/mol. The van der Waals surface area contributed by atoms with Gasteiger partial charge in [0, 0.05) is 13.6 Å². The number of amidine groups is 2. The zero-order chi connectivity index (χ0) is 14.9. The molecule has 0 aromatic carbocycles. The minimum Gasteiger partial charge on any atom is -0.292 e. The zero-order valence-electron chi connectivity index (χ0n) is 11.3. The number of hydrogen-bond acceptors (Lipinski definition) is 6. The van der Waals surface area contributed by atoms with Crippen LogP contribution in [0.3, 0.4) is 0 Å². The quantitative estimate of drug-likeness (QED) is 0.450. The molecule has 0 radical (unpaired) electrons. The SMILES string of the molecule is C=C(C)CN1C(=O)C(=C)SC1=NN=C1SCC(=O)N1C. The van der Waals surface area contributed by atoms with Gasteiger partial charge in [-0.3, -0.25) is 19.4 Å². The molecule has 2 aliphatic rings. The van der Waals surface area contributed by atoms with Crippen LogP contribution in [0, 0.1) is 0 Å². The number of amides is 2. The number of hydrogen-bond donors (Lipinski definition) is 0. The Hall–Kier alpha value is -1.54. The summed E-state index contributed by atoms with van der Waals surface area (Å²) in [5, 5.41) is 9.12. The molecule has 2 aliphatic heterocycles. The van der Waals surface area contributed by atoms with Gasteiger partial charge in [0.1, 0.15) is 0 Å². The highest BCUT2D eigenvalue weighted by atomic mass is 32.2. The molecule has 0 atom stereocenters. The Morgan fingerprint density at radius 3 is 2.55 bits per heavy atom. The van der Waals surface area contributed by atoms with E-state index in [0.717, 1.165) is 5.57 Å². The van der Waals surface area contributed by atoms with Crippen LogP contribution in [0.5, 0.6) is 0 Å².